The minimum atomic E-state index is -0.154. The first kappa shape index (κ1) is 12.5. The average Bonchev–Trinajstić information content (AvgIpc) is 3.00. The smallest absolute Gasteiger partial charge is 0.244 e. The third-order valence-corrected chi connectivity index (χ3v) is 5.49. The number of nitrogens with one attached hydrogen (secondary N) is 1. The summed E-state index contributed by atoms with van der Waals surface area (Å²) in [5.74, 6) is 1.26. The van der Waals surface area contributed by atoms with Gasteiger partial charge in [-0.15, -0.1) is 0 Å². The minimum absolute atomic E-state index is 0.154. The first-order chi connectivity index (χ1) is 8.75. The maximum Gasteiger partial charge on any atom is 0.244 e. The number of nitrogens with zero attached hydrogens (tertiary/aromatic N) is 1. The van der Waals surface area contributed by atoms with Crippen molar-refractivity contribution in [3.8, 4) is 0 Å². The SMILES string of the molecule is CCC1CCCC(N2CNC3(CCCC3)C2=O)C1. The van der Waals surface area contributed by atoms with Crippen LogP contribution in [0.4, 0.5) is 0 Å². The molecule has 0 radical (unpaired) electrons. The van der Waals surface area contributed by atoms with Gasteiger partial charge in [-0.3, -0.25) is 10.1 Å². The largest absolute Gasteiger partial charge is 0.325 e. The van der Waals surface area contributed by atoms with E-state index in [0.717, 1.165) is 25.4 Å². The van der Waals surface area contributed by atoms with Crippen molar-refractivity contribution in [1.29, 1.82) is 0 Å². The highest BCUT2D eigenvalue weighted by atomic mass is 16.2. The Balaban J connectivity index is 1.68. The van der Waals surface area contributed by atoms with Crippen molar-refractivity contribution in [3.05, 3.63) is 0 Å². The standard InChI is InChI=1S/C15H26N2O/c1-2-12-6-5-7-13(10-12)17-11-16-15(14(17)18)8-3-4-9-15/h12-13,16H,2-11H2,1H3. The van der Waals surface area contributed by atoms with E-state index in [1.165, 1.54) is 44.9 Å². The summed E-state index contributed by atoms with van der Waals surface area (Å²) in [4.78, 5) is 14.9. The quantitative estimate of drug-likeness (QED) is 0.817. The minimum Gasteiger partial charge on any atom is -0.325 e. The molecule has 1 saturated heterocycles. The molecule has 2 saturated carbocycles. The molecule has 3 heteroatoms. The lowest BCUT2D eigenvalue weighted by Crippen LogP contribution is -2.46. The summed E-state index contributed by atoms with van der Waals surface area (Å²) in [5, 5.41) is 3.54. The Hall–Kier alpha value is -0.570. The maximum atomic E-state index is 12.7. The molecule has 0 aromatic rings. The van der Waals surface area contributed by atoms with Crippen LogP contribution in [0.15, 0.2) is 0 Å². The van der Waals surface area contributed by atoms with Crippen LogP contribution in [-0.4, -0.2) is 29.1 Å². The van der Waals surface area contributed by atoms with Crippen LogP contribution < -0.4 is 5.32 Å². The zero-order chi connectivity index (χ0) is 12.6. The Morgan fingerprint density at radius 1 is 1.28 bits per heavy atom. The van der Waals surface area contributed by atoms with Crippen LogP contribution in [0.25, 0.3) is 0 Å². The second kappa shape index (κ2) is 4.84. The molecule has 0 aromatic heterocycles. The number of hydrogen-bond donors (Lipinski definition) is 1. The van der Waals surface area contributed by atoms with Gasteiger partial charge in [-0.1, -0.05) is 39.0 Å². The Morgan fingerprint density at radius 3 is 2.78 bits per heavy atom. The second-order valence-corrected chi connectivity index (χ2v) is 6.49. The molecule has 1 amide bonds. The first-order valence-electron chi connectivity index (χ1n) is 7.81. The number of amides is 1. The Kier molecular flexibility index (Phi) is 3.35. The molecule has 1 aliphatic heterocycles. The molecular weight excluding hydrogens is 224 g/mol. The van der Waals surface area contributed by atoms with Gasteiger partial charge in [-0.05, 0) is 31.6 Å². The van der Waals surface area contributed by atoms with Gasteiger partial charge < -0.3 is 4.90 Å². The molecule has 0 bridgehead atoms. The summed E-state index contributed by atoms with van der Waals surface area (Å²) < 4.78 is 0. The van der Waals surface area contributed by atoms with Gasteiger partial charge in [0.15, 0.2) is 0 Å². The van der Waals surface area contributed by atoms with Crippen molar-refractivity contribution in [1.82, 2.24) is 10.2 Å². The highest BCUT2D eigenvalue weighted by molar-refractivity contribution is 5.89. The van der Waals surface area contributed by atoms with Crippen molar-refractivity contribution in [2.75, 3.05) is 6.67 Å². The van der Waals surface area contributed by atoms with E-state index in [0.29, 0.717) is 11.9 Å². The van der Waals surface area contributed by atoms with Crippen LogP contribution in [0.1, 0.15) is 64.7 Å². The summed E-state index contributed by atoms with van der Waals surface area (Å²) in [6.45, 7) is 3.09. The lowest BCUT2D eigenvalue weighted by Gasteiger charge is -2.35. The second-order valence-electron chi connectivity index (χ2n) is 6.49. The highest BCUT2D eigenvalue weighted by Gasteiger charge is 2.49. The van der Waals surface area contributed by atoms with Crippen LogP contribution >= 0.6 is 0 Å². The van der Waals surface area contributed by atoms with Crippen LogP contribution in [-0.2, 0) is 4.79 Å². The van der Waals surface area contributed by atoms with Crippen LogP contribution in [0, 0.1) is 5.92 Å². The molecule has 18 heavy (non-hydrogen) atoms. The van der Waals surface area contributed by atoms with Crippen molar-refractivity contribution >= 4 is 5.91 Å². The molecule has 102 valence electrons. The molecule has 3 aliphatic rings. The van der Waals surface area contributed by atoms with Crippen molar-refractivity contribution in [2.45, 2.75) is 76.3 Å². The molecule has 2 aliphatic carbocycles. The first-order valence-corrected chi connectivity index (χ1v) is 7.81. The third-order valence-electron chi connectivity index (χ3n) is 5.49. The summed E-state index contributed by atoms with van der Waals surface area (Å²) >= 11 is 0. The summed E-state index contributed by atoms with van der Waals surface area (Å²) in [6.07, 6.45) is 11.0. The van der Waals surface area contributed by atoms with Crippen molar-refractivity contribution < 1.29 is 4.79 Å². The lowest BCUT2D eigenvalue weighted by molar-refractivity contribution is -0.135. The zero-order valence-electron chi connectivity index (χ0n) is 11.6. The fraction of sp³-hybridized carbons (Fsp3) is 0.933. The van der Waals surface area contributed by atoms with Crippen LogP contribution in [0.2, 0.25) is 0 Å². The normalized spacial score (nSPS) is 35.6. The summed E-state index contributed by atoms with van der Waals surface area (Å²) in [6, 6.07) is 0.517. The fourth-order valence-corrected chi connectivity index (χ4v) is 4.24. The molecule has 3 rings (SSSR count). The Labute approximate surface area is 110 Å². The summed E-state index contributed by atoms with van der Waals surface area (Å²) in [7, 11) is 0. The molecule has 3 fully saturated rings. The van der Waals surface area contributed by atoms with E-state index in [9.17, 15) is 4.79 Å². The van der Waals surface area contributed by atoms with Crippen molar-refractivity contribution in [2.24, 2.45) is 5.92 Å². The van der Waals surface area contributed by atoms with Gasteiger partial charge in [0.2, 0.25) is 5.91 Å². The molecule has 2 unspecified atom stereocenters. The van der Waals surface area contributed by atoms with Crippen LogP contribution in [0.3, 0.4) is 0 Å². The molecule has 3 nitrogen and oxygen atoms in total. The maximum absolute atomic E-state index is 12.7. The van der Waals surface area contributed by atoms with Gasteiger partial charge in [0.25, 0.3) is 0 Å². The number of hydrogen-bond acceptors (Lipinski definition) is 2. The van der Waals surface area contributed by atoms with E-state index in [1.807, 2.05) is 0 Å². The fourth-order valence-electron chi connectivity index (χ4n) is 4.24. The Morgan fingerprint density at radius 2 is 2.06 bits per heavy atom. The molecule has 0 aromatic carbocycles. The predicted octanol–water partition coefficient (Wildman–Crippen LogP) is 2.66. The zero-order valence-corrected chi connectivity index (χ0v) is 11.6. The number of carbonyl (C=O) groups is 1. The van der Waals surface area contributed by atoms with Gasteiger partial charge >= 0.3 is 0 Å². The average molecular weight is 250 g/mol. The molecule has 1 heterocycles. The van der Waals surface area contributed by atoms with E-state index in [2.05, 4.69) is 17.1 Å². The molecule has 1 spiro atoms. The third kappa shape index (κ3) is 1.97. The molecule has 2 atom stereocenters. The van der Waals surface area contributed by atoms with Gasteiger partial charge in [0, 0.05) is 6.04 Å². The molecule has 1 N–H and O–H groups in total. The van der Waals surface area contributed by atoms with Crippen molar-refractivity contribution in [3.63, 3.8) is 0 Å². The number of rotatable bonds is 2. The van der Waals surface area contributed by atoms with E-state index >= 15 is 0 Å². The highest BCUT2D eigenvalue weighted by Crippen LogP contribution is 2.38. The topological polar surface area (TPSA) is 32.3 Å². The van der Waals surface area contributed by atoms with E-state index < -0.39 is 0 Å². The van der Waals surface area contributed by atoms with Gasteiger partial charge in [-0.2, -0.15) is 0 Å². The van der Waals surface area contributed by atoms with E-state index in [-0.39, 0.29) is 5.54 Å². The van der Waals surface area contributed by atoms with Crippen LogP contribution in [0.5, 0.6) is 0 Å². The van der Waals surface area contributed by atoms with Gasteiger partial charge in [0.05, 0.1) is 12.2 Å². The summed E-state index contributed by atoms with van der Waals surface area (Å²) in [5.41, 5.74) is -0.154. The number of carbonyl (C=O) groups excluding carboxylic acids is 1. The van der Waals surface area contributed by atoms with E-state index in [1.54, 1.807) is 0 Å². The van der Waals surface area contributed by atoms with Gasteiger partial charge in [0.1, 0.15) is 0 Å². The molecular formula is C15H26N2O. The predicted molar refractivity (Wildman–Crippen MR) is 72.1 cm³/mol. The monoisotopic (exact) mass is 250 g/mol. The Bertz CT molecular complexity index is 322. The van der Waals surface area contributed by atoms with Gasteiger partial charge in [-0.25, -0.2) is 0 Å². The lowest BCUT2D eigenvalue weighted by atomic mass is 9.83. The van der Waals surface area contributed by atoms with E-state index in [4.69, 9.17) is 0 Å².